The number of halogens is 3. The van der Waals surface area contributed by atoms with Crippen molar-refractivity contribution in [2.24, 2.45) is 0 Å². The maximum absolute atomic E-state index is 12.1. The molecular formula is C12H16F3N3O. The number of benzene rings is 1. The van der Waals surface area contributed by atoms with E-state index in [0.29, 0.717) is 12.2 Å². The molecule has 0 saturated heterocycles. The first-order valence-corrected chi connectivity index (χ1v) is 5.76. The van der Waals surface area contributed by atoms with E-state index in [9.17, 15) is 18.0 Å². The lowest BCUT2D eigenvalue weighted by Gasteiger charge is -2.14. The lowest BCUT2D eigenvalue weighted by Crippen LogP contribution is -2.23. The summed E-state index contributed by atoms with van der Waals surface area (Å²) in [5.74, 6) is -0.254. The molecule has 3 N–H and O–H groups in total. The molecule has 1 aromatic carbocycles. The number of carbonyl (C=O) groups is 1. The van der Waals surface area contributed by atoms with E-state index in [2.05, 4.69) is 16.0 Å². The summed E-state index contributed by atoms with van der Waals surface area (Å²) >= 11 is 0. The quantitative estimate of drug-likeness (QED) is 0.746. The highest BCUT2D eigenvalue weighted by Crippen LogP contribution is 2.23. The van der Waals surface area contributed by atoms with E-state index in [1.165, 1.54) is 6.07 Å². The Bertz CT molecular complexity index is 421. The van der Waals surface area contributed by atoms with Crippen molar-refractivity contribution in [2.45, 2.75) is 12.6 Å². The third kappa shape index (κ3) is 6.10. The Labute approximate surface area is 109 Å². The molecule has 7 heteroatoms. The molecule has 4 nitrogen and oxygen atoms in total. The Morgan fingerprint density at radius 2 is 1.84 bits per heavy atom. The molecule has 0 aliphatic heterocycles. The van der Waals surface area contributed by atoms with Gasteiger partial charge in [0, 0.05) is 13.0 Å². The van der Waals surface area contributed by atoms with Gasteiger partial charge in [0.25, 0.3) is 0 Å². The van der Waals surface area contributed by atoms with Crippen molar-refractivity contribution in [1.82, 2.24) is 5.32 Å². The van der Waals surface area contributed by atoms with Crippen LogP contribution in [-0.4, -0.2) is 32.2 Å². The van der Waals surface area contributed by atoms with Gasteiger partial charge in [-0.3, -0.25) is 4.79 Å². The van der Waals surface area contributed by atoms with Gasteiger partial charge in [0.2, 0.25) is 5.91 Å². The van der Waals surface area contributed by atoms with Crippen molar-refractivity contribution in [3.8, 4) is 0 Å². The van der Waals surface area contributed by atoms with Crippen LogP contribution in [0, 0.1) is 0 Å². The van der Waals surface area contributed by atoms with Crippen molar-refractivity contribution in [1.29, 1.82) is 0 Å². The van der Waals surface area contributed by atoms with Crippen molar-refractivity contribution in [2.75, 3.05) is 30.8 Å². The summed E-state index contributed by atoms with van der Waals surface area (Å²) in [6.07, 6.45) is -4.05. The van der Waals surface area contributed by atoms with Gasteiger partial charge in [-0.1, -0.05) is 12.1 Å². The molecule has 0 heterocycles. The van der Waals surface area contributed by atoms with E-state index < -0.39 is 12.7 Å². The summed E-state index contributed by atoms with van der Waals surface area (Å²) in [5, 5.41) is 7.65. The fourth-order valence-electron chi connectivity index (χ4n) is 1.39. The lowest BCUT2D eigenvalue weighted by atomic mass is 10.2. The summed E-state index contributed by atoms with van der Waals surface area (Å²) in [5.41, 5.74) is 0.588. The minimum absolute atomic E-state index is 0.248. The molecule has 0 aromatic heterocycles. The minimum Gasteiger partial charge on any atom is -0.375 e. The number of carbonyl (C=O) groups excluding carboxylic acids is 1. The first kappa shape index (κ1) is 15.3. The first-order chi connectivity index (χ1) is 8.92. The van der Waals surface area contributed by atoms with E-state index in [0.717, 1.165) is 0 Å². The smallest absolute Gasteiger partial charge is 0.375 e. The number of rotatable bonds is 6. The fraction of sp³-hybridized carbons (Fsp3) is 0.417. The molecule has 0 bridgehead atoms. The molecule has 0 unspecified atom stereocenters. The van der Waals surface area contributed by atoms with E-state index in [1.54, 1.807) is 25.2 Å². The maximum Gasteiger partial charge on any atom is 0.405 e. The van der Waals surface area contributed by atoms with Gasteiger partial charge in [0.1, 0.15) is 6.54 Å². The van der Waals surface area contributed by atoms with Gasteiger partial charge in [0.15, 0.2) is 0 Å². The Hall–Kier alpha value is -1.76. The number of para-hydroxylation sites is 2. The Balaban J connectivity index is 2.65. The molecule has 106 valence electrons. The first-order valence-electron chi connectivity index (χ1n) is 5.76. The summed E-state index contributed by atoms with van der Waals surface area (Å²) in [4.78, 5) is 11.5. The summed E-state index contributed by atoms with van der Waals surface area (Å²) in [6, 6.07) is 6.28. The molecule has 1 aromatic rings. The third-order valence-electron chi connectivity index (χ3n) is 2.28. The number of nitrogens with one attached hydrogen (secondary N) is 3. The third-order valence-corrected chi connectivity index (χ3v) is 2.28. The van der Waals surface area contributed by atoms with Crippen LogP contribution >= 0.6 is 0 Å². The van der Waals surface area contributed by atoms with Crippen molar-refractivity contribution < 1.29 is 18.0 Å². The number of alkyl halides is 3. The van der Waals surface area contributed by atoms with Gasteiger partial charge in [0.05, 0.1) is 11.4 Å². The standard InChI is InChI=1S/C12H16F3N3O/c1-16-7-6-11(19)18-10-5-3-2-4-9(10)17-8-12(13,14)15/h2-5,16-17H,6-8H2,1H3,(H,18,19). The summed E-state index contributed by atoms with van der Waals surface area (Å²) < 4.78 is 36.4. The van der Waals surface area contributed by atoms with Crippen LogP contribution in [0.3, 0.4) is 0 Å². The Morgan fingerprint density at radius 3 is 2.42 bits per heavy atom. The van der Waals surface area contributed by atoms with Crippen LogP contribution in [-0.2, 0) is 4.79 Å². The normalized spacial score (nSPS) is 11.2. The SMILES string of the molecule is CNCCC(=O)Nc1ccccc1NCC(F)(F)F. The number of anilines is 2. The zero-order chi connectivity index (χ0) is 14.3. The molecule has 0 aliphatic rings. The van der Waals surface area contributed by atoms with Gasteiger partial charge < -0.3 is 16.0 Å². The van der Waals surface area contributed by atoms with Crippen LogP contribution < -0.4 is 16.0 Å². The predicted octanol–water partition coefficient (Wildman–Crippen LogP) is 2.21. The average molecular weight is 275 g/mol. The second-order valence-corrected chi connectivity index (χ2v) is 3.92. The highest BCUT2D eigenvalue weighted by atomic mass is 19.4. The maximum atomic E-state index is 12.1. The zero-order valence-electron chi connectivity index (χ0n) is 10.5. The van der Waals surface area contributed by atoms with Gasteiger partial charge in [-0.25, -0.2) is 0 Å². The molecule has 0 spiro atoms. The summed E-state index contributed by atoms with van der Waals surface area (Å²) in [7, 11) is 1.71. The van der Waals surface area contributed by atoms with Crippen LogP contribution in [0.15, 0.2) is 24.3 Å². The van der Waals surface area contributed by atoms with Crippen molar-refractivity contribution in [3.05, 3.63) is 24.3 Å². The molecule has 0 atom stereocenters. The molecule has 0 aliphatic carbocycles. The number of hydrogen-bond donors (Lipinski definition) is 3. The van der Waals surface area contributed by atoms with Crippen LogP contribution in [0.5, 0.6) is 0 Å². The zero-order valence-corrected chi connectivity index (χ0v) is 10.5. The highest BCUT2D eigenvalue weighted by molar-refractivity contribution is 5.94. The second kappa shape index (κ2) is 6.98. The van der Waals surface area contributed by atoms with E-state index in [-0.39, 0.29) is 18.0 Å². The Morgan fingerprint density at radius 1 is 1.21 bits per heavy atom. The molecule has 1 amide bonds. The fourth-order valence-corrected chi connectivity index (χ4v) is 1.39. The number of amides is 1. The van der Waals surface area contributed by atoms with E-state index in [4.69, 9.17) is 0 Å². The summed E-state index contributed by atoms with van der Waals surface area (Å²) in [6.45, 7) is -0.639. The lowest BCUT2D eigenvalue weighted by molar-refractivity contribution is -0.116. The predicted molar refractivity (Wildman–Crippen MR) is 68.2 cm³/mol. The molecule has 19 heavy (non-hydrogen) atoms. The average Bonchev–Trinajstić information content (AvgIpc) is 2.34. The van der Waals surface area contributed by atoms with E-state index >= 15 is 0 Å². The van der Waals surface area contributed by atoms with Crippen LogP contribution in [0.2, 0.25) is 0 Å². The highest BCUT2D eigenvalue weighted by Gasteiger charge is 2.26. The molecule has 0 saturated carbocycles. The van der Waals surface area contributed by atoms with Gasteiger partial charge >= 0.3 is 6.18 Å². The molecule has 0 radical (unpaired) electrons. The van der Waals surface area contributed by atoms with Gasteiger partial charge in [-0.05, 0) is 19.2 Å². The molecule has 1 rings (SSSR count). The van der Waals surface area contributed by atoms with Crippen molar-refractivity contribution in [3.63, 3.8) is 0 Å². The largest absolute Gasteiger partial charge is 0.405 e. The van der Waals surface area contributed by atoms with Gasteiger partial charge in [-0.2, -0.15) is 13.2 Å². The molecule has 0 fully saturated rings. The molecular weight excluding hydrogens is 259 g/mol. The minimum atomic E-state index is -4.30. The van der Waals surface area contributed by atoms with Crippen molar-refractivity contribution >= 4 is 17.3 Å². The monoisotopic (exact) mass is 275 g/mol. The van der Waals surface area contributed by atoms with Gasteiger partial charge in [-0.15, -0.1) is 0 Å². The Kier molecular flexibility index (Phi) is 5.62. The second-order valence-electron chi connectivity index (χ2n) is 3.92. The van der Waals surface area contributed by atoms with E-state index in [1.807, 2.05) is 0 Å². The van der Waals surface area contributed by atoms with Crippen LogP contribution in [0.25, 0.3) is 0 Å². The van der Waals surface area contributed by atoms with Crippen LogP contribution in [0.4, 0.5) is 24.5 Å². The van der Waals surface area contributed by atoms with Crippen LogP contribution in [0.1, 0.15) is 6.42 Å². The number of hydrogen-bond acceptors (Lipinski definition) is 3. The topological polar surface area (TPSA) is 53.2 Å².